The van der Waals surface area contributed by atoms with Crippen LogP contribution in [-0.4, -0.2) is 69.0 Å². The van der Waals surface area contributed by atoms with Crippen molar-refractivity contribution in [2.24, 2.45) is 0 Å². The Kier molecular flexibility index (Phi) is 9.93. The van der Waals surface area contributed by atoms with E-state index in [1.54, 1.807) is 6.92 Å². The number of alkyl halides is 3. The van der Waals surface area contributed by atoms with Gasteiger partial charge in [0, 0.05) is 45.8 Å². The average Bonchev–Trinajstić information content (AvgIpc) is 2.39. The van der Waals surface area contributed by atoms with Crippen LogP contribution in [0.4, 0.5) is 13.2 Å². The van der Waals surface area contributed by atoms with E-state index in [-0.39, 0.29) is 25.4 Å². The van der Waals surface area contributed by atoms with E-state index in [9.17, 15) is 18.0 Å². The van der Waals surface area contributed by atoms with Crippen LogP contribution in [-0.2, 0) is 9.53 Å². The van der Waals surface area contributed by atoms with Crippen LogP contribution in [0.5, 0.6) is 0 Å². The van der Waals surface area contributed by atoms with Crippen molar-refractivity contribution in [1.29, 1.82) is 0 Å². The van der Waals surface area contributed by atoms with E-state index >= 15 is 0 Å². The third-order valence-electron chi connectivity index (χ3n) is 3.14. The minimum absolute atomic E-state index is 0. The van der Waals surface area contributed by atoms with Crippen molar-refractivity contribution in [2.45, 2.75) is 25.6 Å². The second-order valence-corrected chi connectivity index (χ2v) is 4.59. The molecule has 1 saturated heterocycles. The highest BCUT2D eigenvalue weighted by atomic mass is 35.5. The molecule has 1 heterocycles. The maximum absolute atomic E-state index is 13.0. The molecule has 1 aliphatic heterocycles. The predicted molar refractivity (Wildman–Crippen MR) is 75.7 cm³/mol. The van der Waals surface area contributed by atoms with E-state index in [0.717, 1.165) is 0 Å². The lowest BCUT2D eigenvalue weighted by Gasteiger charge is -2.35. The molecule has 9 heteroatoms. The second kappa shape index (κ2) is 10.2. The van der Waals surface area contributed by atoms with Crippen molar-refractivity contribution >= 4 is 18.3 Å². The van der Waals surface area contributed by atoms with E-state index in [4.69, 9.17) is 4.74 Å². The molecule has 0 aliphatic carbocycles. The van der Waals surface area contributed by atoms with Gasteiger partial charge >= 0.3 is 6.18 Å². The number of carbonyl (C=O) groups excluding carboxylic acids is 1. The summed E-state index contributed by atoms with van der Waals surface area (Å²) in [5, 5.41) is 5.35. The molecule has 0 aromatic carbocycles. The minimum Gasteiger partial charge on any atom is -0.381 e. The van der Waals surface area contributed by atoms with Gasteiger partial charge in [-0.15, -0.1) is 12.4 Å². The van der Waals surface area contributed by atoms with Crippen molar-refractivity contribution in [3.63, 3.8) is 0 Å². The number of carbonyl (C=O) groups is 1. The fourth-order valence-electron chi connectivity index (χ4n) is 2.05. The molecule has 5 nitrogen and oxygen atoms in total. The number of rotatable bonds is 7. The standard InChI is InChI=1S/C12H22F3N3O2.ClH/c1-2-20-8-3-11(19)17-9-10(12(13,14)15)18-6-4-16-5-7-18;/h10,16H,2-9H2,1H3,(H,17,19);1H. The van der Waals surface area contributed by atoms with Gasteiger partial charge in [0.2, 0.25) is 5.91 Å². The molecule has 0 radical (unpaired) electrons. The lowest BCUT2D eigenvalue weighted by atomic mass is 10.2. The van der Waals surface area contributed by atoms with Crippen LogP contribution in [0.3, 0.4) is 0 Å². The molecular formula is C12H23ClF3N3O2. The van der Waals surface area contributed by atoms with Gasteiger partial charge in [0.05, 0.1) is 6.61 Å². The van der Waals surface area contributed by atoms with Crippen molar-refractivity contribution in [1.82, 2.24) is 15.5 Å². The van der Waals surface area contributed by atoms with Crippen molar-refractivity contribution < 1.29 is 22.7 Å². The maximum Gasteiger partial charge on any atom is 0.405 e. The topological polar surface area (TPSA) is 53.6 Å². The molecule has 1 amide bonds. The first-order valence-electron chi connectivity index (χ1n) is 6.81. The van der Waals surface area contributed by atoms with E-state index in [2.05, 4.69) is 10.6 Å². The highest BCUT2D eigenvalue weighted by Gasteiger charge is 2.43. The van der Waals surface area contributed by atoms with Gasteiger partial charge in [-0.25, -0.2) is 0 Å². The molecule has 126 valence electrons. The Morgan fingerprint density at radius 1 is 1.38 bits per heavy atom. The number of piperazine rings is 1. The number of hydrogen-bond donors (Lipinski definition) is 2. The van der Waals surface area contributed by atoms with Crippen molar-refractivity contribution in [3.05, 3.63) is 0 Å². The van der Waals surface area contributed by atoms with Crippen LogP contribution in [0.2, 0.25) is 0 Å². The van der Waals surface area contributed by atoms with Crippen LogP contribution in [0.15, 0.2) is 0 Å². The number of nitrogens with zero attached hydrogens (tertiary/aromatic N) is 1. The van der Waals surface area contributed by atoms with Gasteiger partial charge in [-0.1, -0.05) is 0 Å². The molecule has 0 spiro atoms. The van der Waals surface area contributed by atoms with Gasteiger partial charge in [-0.05, 0) is 6.92 Å². The summed E-state index contributed by atoms with van der Waals surface area (Å²) in [5.74, 6) is -0.414. The summed E-state index contributed by atoms with van der Waals surface area (Å²) < 4.78 is 44.1. The largest absolute Gasteiger partial charge is 0.405 e. The SMILES string of the molecule is CCOCCC(=O)NCC(N1CCNCC1)C(F)(F)F.Cl. The zero-order chi connectivity index (χ0) is 15.0. The van der Waals surface area contributed by atoms with E-state index in [0.29, 0.717) is 32.8 Å². The Bertz CT molecular complexity index is 300. The fourth-order valence-corrected chi connectivity index (χ4v) is 2.05. The highest BCUT2D eigenvalue weighted by Crippen LogP contribution is 2.24. The van der Waals surface area contributed by atoms with E-state index in [1.807, 2.05) is 0 Å². The smallest absolute Gasteiger partial charge is 0.381 e. The zero-order valence-electron chi connectivity index (χ0n) is 12.0. The first-order valence-corrected chi connectivity index (χ1v) is 6.81. The van der Waals surface area contributed by atoms with Crippen LogP contribution in [0.25, 0.3) is 0 Å². The minimum atomic E-state index is -4.34. The maximum atomic E-state index is 13.0. The van der Waals surface area contributed by atoms with Crippen LogP contribution in [0.1, 0.15) is 13.3 Å². The van der Waals surface area contributed by atoms with Crippen LogP contribution >= 0.6 is 12.4 Å². The van der Waals surface area contributed by atoms with Crippen LogP contribution in [0, 0.1) is 0 Å². The van der Waals surface area contributed by atoms with Gasteiger partial charge in [0.25, 0.3) is 0 Å². The first-order chi connectivity index (χ1) is 9.45. The molecule has 1 atom stereocenters. The lowest BCUT2D eigenvalue weighted by molar-refractivity contribution is -0.184. The number of nitrogens with one attached hydrogen (secondary N) is 2. The fraction of sp³-hybridized carbons (Fsp3) is 0.917. The number of hydrogen-bond acceptors (Lipinski definition) is 4. The average molecular weight is 334 g/mol. The highest BCUT2D eigenvalue weighted by molar-refractivity contribution is 5.85. The molecule has 1 rings (SSSR count). The summed E-state index contributed by atoms with van der Waals surface area (Å²) in [5.41, 5.74) is 0. The first kappa shape index (κ1) is 20.4. The Morgan fingerprint density at radius 3 is 2.52 bits per heavy atom. The molecule has 1 fully saturated rings. The van der Waals surface area contributed by atoms with E-state index in [1.165, 1.54) is 4.90 Å². The quantitative estimate of drug-likeness (QED) is 0.676. The summed E-state index contributed by atoms with van der Waals surface area (Å²) in [6.07, 6.45) is -4.26. The molecule has 1 unspecified atom stereocenters. The molecule has 1 aliphatic rings. The van der Waals surface area contributed by atoms with Gasteiger partial charge in [-0.3, -0.25) is 9.69 Å². The van der Waals surface area contributed by atoms with Crippen molar-refractivity contribution in [2.75, 3.05) is 45.9 Å². The summed E-state index contributed by atoms with van der Waals surface area (Å²) in [6, 6.07) is -1.62. The number of halogens is 4. The normalized spacial score (nSPS) is 17.9. The van der Waals surface area contributed by atoms with Gasteiger partial charge in [0.15, 0.2) is 0 Å². The summed E-state index contributed by atoms with van der Waals surface area (Å²) >= 11 is 0. The number of ether oxygens (including phenoxy) is 1. The number of amides is 1. The molecule has 21 heavy (non-hydrogen) atoms. The van der Waals surface area contributed by atoms with Gasteiger partial charge in [-0.2, -0.15) is 13.2 Å². The molecule has 0 aromatic heterocycles. The molecule has 0 aromatic rings. The predicted octanol–water partition coefficient (Wildman–Crippen LogP) is 0.787. The Hall–Kier alpha value is -0.570. The summed E-state index contributed by atoms with van der Waals surface area (Å²) in [4.78, 5) is 12.8. The Morgan fingerprint density at radius 2 is 2.00 bits per heavy atom. The summed E-state index contributed by atoms with van der Waals surface area (Å²) in [6.45, 7) is 3.83. The monoisotopic (exact) mass is 333 g/mol. The zero-order valence-corrected chi connectivity index (χ0v) is 12.9. The molecular weight excluding hydrogens is 311 g/mol. The third-order valence-corrected chi connectivity index (χ3v) is 3.14. The Balaban J connectivity index is 0.00000400. The second-order valence-electron chi connectivity index (χ2n) is 4.59. The molecule has 0 saturated carbocycles. The summed E-state index contributed by atoms with van der Waals surface area (Å²) in [7, 11) is 0. The van der Waals surface area contributed by atoms with Crippen molar-refractivity contribution in [3.8, 4) is 0 Å². The van der Waals surface area contributed by atoms with E-state index < -0.39 is 24.7 Å². The third kappa shape index (κ3) is 7.85. The van der Waals surface area contributed by atoms with Gasteiger partial charge < -0.3 is 15.4 Å². The van der Waals surface area contributed by atoms with Gasteiger partial charge in [0.1, 0.15) is 6.04 Å². The van der Waals surface area contributed by atoms with Crippen LogP contribution < -0.4 is 10.6 Å². The molecule has 0 bridgehead atoms. The Labute approximate surface area is 129 Å². The molecule has 2 N–H and O–H groups in total. The lowest BCUT2D eigenvalue weighted by Crippen LogP contribution is -2.57.